The quantitative estimate of drug-likeness (QED) is 0.450. The molecule has 1 aromatic carbocycles. The molecule has 30 heavy (non-hydrogen) atoms. The van der Waals surface area contributed by atoms with E-state index in [1.54, 1.807) is 12.3 Å². The SMILES string of the molecule is CCO/C=C/c1c(Cl)c2c(c(C)c1C(=O)OC)OC(C)(C1CCC(N(C)C)CC1)C2. The second kappa shape index (κ2) is 9.19. The van der Waals surface area contributed by atoms with Crippen molar-refractivity contribution < 1.29 is 19.0 Å². The zero-order valence-corrected chi connectivity index (χ0v) is 19.8. The van der Waals surface area contributed by atoms with Gasteiger partial charge < -0.3 is 19.1 Å². The highest BCUT2D eigenvalue weighted by atomic mass is 35.5. The van der Waals surface area contributed by atoms with Gasteiger partial charge in [-0.1, -0.05) is 11.6 Å². The summed E-state index contributed by atoms with van der Waals surface area (Å²) in [7, 11) is 5.69. The van der Waals surface area contributed by atoms with Crippen molar-refractivity contribution in [3.8, 4) is 5.75 Å². The van der Waals surface area contributed by atoms with E-state index in [1.807, 2.05) is 13.8 Å². The van der Waals surface area contributed by atoms with E-state index < -0.39 is 5.97 Å². The Morgan fingerprint density at radius 3 is 2.53 bits per heavy atom. The smallest absolute Gasteiger partial charge is 0.338 e. The predicted molar refractivity (Wildman–Crippen MR) is 120 cm³/mol. The van der Waals surface area contributed by atoms with Gasteiger partial charge in [0.2, 0.25) is 0 Å². The van der Waals surface area contributed by atoms with Gasteiger partial charge in [0, 0.05) is 29.2 Å². The summed E-state index contributed by atoms with van der Waals surface area (Å²) in [6, 6.07) is 0.639. The van der Waals surface area contributed by atoms with Crippen LogP contribution in [0.25, 0.3) is 6.08 Å². The number of rotatable bonds is 6. The maximum atomic E-state index is 12.6. The number of carbonyl (C=O) groups is 1. The zero-order chi connectivity index (χ0) is 22.1. The van der Waals surface area contributed by atoms with Gasteiger partial charge in [-0.2, -0.15) is 0 Å². The van der Waals surface area contributed by atoms with Crippen molar-refractivity contribution in [3.63, 3.8) is 0 Å². The van der Waals surface area contributed by atoms with Gasteiger partial charge in [0.05, 0.1) is 30.6 Å². The van der Waals surface area contributed by atoms with Crippen LogP contribution in [0.3, 0.4) is 0 Å². The van der Waals surface area contributed by atoms with Crippen molar-refractivity contribution in [2.45, 2.75) is 64.5 Å². The van der Waals surface area contributed by atoms with Gasteiger partial charge in [-0.15, -0.1) is 0 Å². The van der Waals surface area contributed by atoms with Crippen LogP contribution in [-0.2, 0) is 15.9 Å². The fraction of sp³-hybridized carbons (Fsp3) is 0.625. The molecule has 1 aromatic rings. The summed E-state index contributed by atoms with van der Waals surface area (Å²) in [5, 5.41) is 0.553. The van der Waals surface area contributed by atoms with Crippen LogP contribution in [0.15, 0.2) is 6.26 Å². The lowest BCUT2D eigenvalue weighted by atomic mass is 9.74. The molecule has 0 N–H and O–H groups in total. The van der Waals surface area contributed by atoms with Crippen LogP contribution >= 0.6 is 11.6 Å². The normalized spacial score (nSPS) is 26.0. The molecule has 166 valence electrons. The Kier molecular flexibility index (Phi) is 7.03. The lowest BCUT2D eigenvalue weighted by molar-refractivity contribution is 0.0157. The van der Waals surface area contributed by atoms with E-state index in [-0.39, 0.29) is 5.60 Å². The molecule has 1 saturated carbocycles. The zero-order valence-electron chi connectivity index (χ0n) is 19.0. The van der Waals surface area contributed by atoms with E-state index in [9.17, 15) is 4.79 Å². The van der Waals surface area contributed by atoms with Gasteiger partial charge in [0.25, 0.3) is 0 Å². The minimum Gasteiger partial charge on any atom is -0.501 e. The van der Waals surface area contributed by atoms with E-state index in [0.29, 0.717) is 34.7 Å². The first kappa shape index (κ1) is 23.0. The van der Waals surface area contributed by atoms with E-state index in [0.717, 1.165) is 36.1 Å². The van der Waals surface area contributed by atoms with Crippen molar-refractivity contribution in [2.75, 3.05) is 27.8 Å². The van der Waals surface area contributed by atoms with Crippen LogP contribution in [0.4, 0.5) is 0 Å². The fourth-order valence-corrected chi connectivity index (χ4v) is 5.30. The fourth-order valence-electron chi connectivity index (χ4n) is 4.99. The van der Waals surface area contributed by atoms with Gasteiger partial charge in [0.15, 0.2) is 0 Å². The summed E-state index contributed by atoms with van der Waals surface area (Å²) in [5.41, 5.74) is 2.53. The summed E-state index contributed by atoms with van der Waals surface area (Å²) in [6.07, 6.45) is 8.69. The molecular weight excluding hydrogens is 402 g/mol. The number of methoxy groups -OCH3 is 1. The second-order valence-corrected chi connectivity index (χ2v) is 9.22. The molecule has 1 atom stereocenters. The number of esters is 1. The van der Waals surface area contributed by atoms with E-state index in [1.165, 1.54) is 20.0 Å². The van der Waals surface area contributed by atoms with E-state index in [4.69, 9.17) is 25.8 Å². The van der Waals surface area contributed by atoms with Gasteiger partial charge >= 0.3 is 5.97 Å². The largest absolute Gasteiger partial charge is 0.501 e. The molecule has 1 unspecified atom stereocenters. The standard InChI is InChI=1S/C24H34ClNO4/c1-7-29-13-12-18-20(23(27)28-6)15(2)22-19(21(18)25)14-24(3,30-22)16-8-10-17(11-9-16)26(4)5/h12-13,16-17H,7-11,14H2,1-6H3/b13-12+. The van der Waals surface area contributed by atoms with Crippen LogP contribution < -0.4 is 4.74 Å². The van der Waals surface area contributed by atoms with Crippen LogP contribution in [-0.4, -0.2) is 50.3 Å². The third-order valence-corrected chi connectivity index (χ3v) is 7.23. The molecule has 1 heterocycles. The molecular formula is C24H34ClNO4. The van der Waals surface area contributed by atoms with Crippen LogP contribution in [0.1, 0.15) is 66.6 Å². The molecule has 0 bridgehead atoms. The number of nitrogens with zero attached hydrogens (tertiary/aromatic N) is 1. The first-order valence-corrected chi connectivity index (χ1v) is 11.2. The number of halogens is 1. The minimum absolute atomic E-state index is 0.316. The average Bonchev–Trinajstić information content (AvgIpc) is 3.11. The van der Waals surface area contributed by atoms with Crippen molar-refractivity contribution in [2.24, 2.45) is 5.92 Å². The Balaban J connectivity index is 1.96. The highest BCUT2D eigenvalue weighted by Gasteiger charge is 2.46. The topological polar surface area (TPSA) is 48.0 Å². The number of carbonyl (C=O) groups excluding carboxylic acids is 1. The molecule has 2 aliphatic rings. The third-order valence-electron chi connectivity index (χ3n) is 6.80. The van der Waals surface area contributed by atoms with Gasteiger partial charge in [-0.05, 0) is 72.5 Å². The molecule has 1 aliphatic heterocycles. The minimum atomic E-state index is -0.419. The summed E-state index contributed by atoms with van der Waals surface area (Å²) in [6.45, 7) is 6.55. The lowest BCUT2D eigenvalue weighted by Crippen LogP contribution is -2.44. The molecule has 0 saturated heterocycles. The Morgan fingerprint density at radius 1 is 1.30 bits per heavy atom. The second-order valence-electron chi connectivity index (χ2n) is 8.85. The molecule has 5 nitrogen and oxygen atoms in total. The van der Waals surface area contributed by atoms with Crippen molar-refractivity contribution in [1.82, 2.24) is 4.90 Å². The van der Waals surface area contributed by atoms with Crippen LogP contribution in [0.2, 0.25) is 5.02 Å². The molecule has 1 fully saturated rings. The molecule has 0 aromatic heterocycles. The monoisotopic (exact) mass is 435 g/mol. The highest BCUT2D eigenvalue weighted by Crippen LogP contribution is 2.50. The molecule has 6 heteroatoms. The molecule has 0 radical (unpaired) electrons. The van der Waals surface area contributed by atoms with E-state index >= 15 is 0 Å². The summed E-state index contributed by atoms with van der Waals surface area (Å²) in [5.74, 6) is 0.781. The average molecular weight is 436 g/mol. The number of ether oxygens (including phenoxy) is 3. The number of hydrogen-bond donors (Lipinski definition) is 0. The predicted octanol–water partition coefficient (Wildman–Crippen LogP) is 5.26. The van der Waals surface area contributed by atoms with Crippen LogP contribution in [0, 0.1) is 12.8 Å². The highest BCUT2D eigenvalue weighted by molar-refractivity contribution is 6.34. The first-order chi connectivity index (χ1) is 14.2. The summed E-state index contributed by atoms with van der Waals surface area (Å²) in [4.78, 5) is 14.9. The van der Waals surface area contributed by atoms with Crippen LogP contribution in [0.5, 0.6) is 5.75 Å². The third kappa shape index (κ3) is 4.19. The molecule has 0 spiro atoms. The molecule has 3 rings (SSSR count). The number of hydrogen-bond acceptors (Lipinski definition) is 5. The van der Waals surface area contributed by atoms with Crippen molar-refractivity contribution >= 4 is 23.6 Å². The molecule has 0 amide bonds. The summed E-state index contributed by atoms with van der Waals surface area (Å²) < 4.78 is 17.0. The first-order valence-electron chi connectivity index (χ1n) is 10.8. The van der Waals surface area contributed by atoms with Gasteiger partial charge in [0.1, 0.15) is 11.4 Å². The van der Waals surface area contributed by atoms with Gasteiger partial charge in [-0.25, -0.2) is 4.79 Å². The Bertz CT molecular complexity index is 827. The maximum absolute atomic E-state index is 12.6. The maximum Gasteiger partial charge on any atom is 0.338 e. The number of benzene rings is 1. The van der Waals surface area contributed by atoms with Crippen molar-refractivity contribution in [3.05, 3.63) is 33.5 Å². The molecule has 1 aliphatic carbocycles. The van der Waals surface area contributed by atoms with Gasteiger partial charge in [-0.3, -0.25) is 0 Å². The lowest BCUT2D eigenvalue weighted by Gasteiger charge is -2.40. The Labute approximate surface area is 185 Å². The Morgan fingerprint density at radius 2 is 1.97 bits per heavy atom. The Hall–Kier alpha value is -1.72. The summed E-state index contributed by atoms with van der Waals surface area (Å²) >= 11 is 6.84. The number of fused-ring (bicyclic) bond motifs is 1. The van der Waals surface area contributed by atoms with E-state index in [2.05, 4.69) is 25.9 Å². The van der Waals surface area contributed by atoms with Crippen molar-refractivity contribution in [1.29, 1.82) is 0 Å².